The van der Waals surface area contributed by atoms with E-state index < -0.39 is 0 Å². The number of hydrogen-bond donors (Lipinski definition) is 1. The van der Waals surface area contributed by atoms with E-state index >= 15 is 0 Å². The van der Waals surface area contributed by atoms with Crippen molar-refractivity contribution in [2.45, 2.75) is 26.3 Å². The van der Waals surface area contributed by atoms with Crippen LogP contribution in [0.25, 0.3) is 0 Å². The minimum absolute atomic E-state index is 0.0157. The molecule has 5 heteroatoms. The van der Waals surface area contributed by atoms with Gasteiger partial charge >= 0.3 is 0 Å². The van der Waals surface area contributed by atoms with Crippen LogP contribution in [0.2, 0.25) is 5.02 Å². The first-order chi connectivity index (χ1) is 9.63. The van der Waals surface area contributed by atoms with E-state index in [0.29, 0.717) is 30.3 Å². The predicted octanol–water partition coefficient (Wildman–Crippen LogP) is 3.02. The van der Waals surface area contributed by atoms with Gasteiger partial charge in [0.2, 0.25) is 0 Å². The Morgan fingerprint density at radius 1 is 1.55 bits per heavy atom. The minimum Gasteiger partial charge on any atom is -0.384 e. The van der Waals surface area contributed by atoms with E-state index in [1.807, 2.05) is 17.9 Å². The maximum Gasteiger partial charge on any atom is 0.256 e. The molecule has 0 radical (unpaired) electrons. The summed E-state index contributed by atoms with van der Waals surface area (Å²) in [6, 6.07) is 5.51. The average Bonchev–Trinajstić information content (AvgIpc) is 2.46. The van der Waals surface area contributed by atoms with Gasteiger partial charge in [-0.25, -0.2) is 0 Å². The van der Waals surface area contributed by atoms with Gasteiger partial charge in [-0.1, -0.05) is 18.5 Å². The Labute approximate surface area is 125 Å². The normalized spacial score (nSPS) is 18.9. The summed E-state index contributed by atoms with van der Waals surface area (Å²) >= 11 is 6.05. The molecule has 4 nitrogen and oxygen atoms in total. The van der Waals surface area contributed by atoms with Crippen molar-refractivity contribution in [1.82, 2.24) is 4.90 Å². The summed E-state index contributed by atoms with van der Waals surface area (Å²) in [4.78, 5) is 14.6. The molecule has 1 fully saturated rings. The second kappa shape index (κ2) is 6.95. The maximum atomic E-state index is 12.7. The highest BCUT2D eigenvalue weighted by molar-refractivity contribution is 6.31. The average molecular weight is 297 g/mol. The monoisotopic (exact) mass is 296 g/mol. The number of nitrogens with one attached hydrogen (secondary N) is 1. The fourth-order valence-corrected chi connectivity index (χ4v) is 2.46. The third kappa shape index (κ3) is 3.44. The number of ether oxygens (including phenoxy) is 1. The number of carbonyl (C=O) groups is 1. The van der Waals surface area contributed by atoms with Crippen molar-refractivity contribution < 1.29 is 9.53 Å². The zero-order valence-electron chi connectivity index (χ0n) is 12.0. The Morgan fingerprint density at radius 2 is 2.35 bits per heavy atom. The number of carbonyl (C=O) groups excluding carboxylic acids is 1. The number of anilines is 1. The van der Waals surface area contributed by atoms with Crippen molar-refractivity contribution in [2.75, 3.05) is 31.6 Å². The Morgan fingerprint density at radius 3 is 3.05 bits per heavy atom. The lowest BCUT2D eigenvalue weighted by Crippen LogP contribution is -2.47. The van der Waals surface area contributed by atoms with Gasteiger partial charge < -0.3 is 15.0 Å². The van der Waals surface area contributed by atoms with Gasteiger partial charge in [-0.3, -0.25) is 4.79 Å². The molecule has 1 aromatic rings. The molecule has 1 atom stereocenters. The van der Waals surface area contributed by atoms with Gasteiger partial charge in [0, 0.05) is 23.8 Å². The van der Waals surface area contributed by atoms with Crippen LogP contribution in [0.15, 0.2) is 18.2 Å². The molecule has 20 heavy (non-hydrogen) atoms. The van der Waals surface area contributed by atoms with E-state index in [9.17, 15) is 4.79 Å². The van der Waals surface area contributed by atoms with Crippen LogP contribution >= 0.6 is 11.6 Å². The van der Waals surface area contributed by atoms with Crippen molar-refractivity contribution >= 4 is 23.2 Å². The summed E-state index contributed by atoms with van der Waals surface area (Å²) in [6.45, 7) is 6.73. The largest absolute Gasteiger partial charge is 0.384 e. The minimum atomic E-state index is 0.0157. The standard InChI is InChI=1S/C15H21ClN2O2/c1-3-6-17-14-5-4-12(16)9-13(14)15(19)18-7-8-20-10-11(18)2/h4-5,9,11,17H,3,6-8,10H2,1-2H3. The smallest absolute Gasteiger partial charge is 0.256 e. The summed E-state index contributed by atoms with van der Waals surface area (Å²) in [5, 5.41) is 3.87. The van der Waals surface area contributed by atoms with Crippen LogP contribution in [0, 0.1) is 0 Å². The molecule has 1 unspecified atom stereocenters. The molecule has 110 valence electrons. The molecule has 1 amide bonds. The Hall–Kier alpha value is -1.26. The van der Waals surface area contributed by atoms with Gasteiger partial charge in [0.15, 0.2) is 0 Å². The van der Waals surface area contributed by atoms with Gasteiger partial charge in [-0.15, -0.1) is 0 Å². The zero-order chi connectivity index (χ0) is 14.5. The lowest BCUT2D eigenvalue weighted by Gasteiger charge is -2.33. The Bertz CT molecular complexity index is 479. The number of benzene rings is 1. The third-order valence-corrected chi connectivity index (χ3v) is 3.64. The molecule has 1 aromatic carbocycles. The number of rotatable bonds is 4. The summed E-state index contributed by atoms with van der Waals surface area (Å²) in [7, 11) is 0. The molecule has 1 aliphatic rings. The van der Waals surface area contributed by atoms with Crippen LogP contribution in [-0.2, 0) is 4.74 Å². The highest BCUT2D eigenvalue weighted by Gasteiger charge is 2.26. The molecule has 0 saturated carbocycles. The van der Waals surface area contributed by atoms with Crippen molar-refractivity contribution in [3.8, 4) is 0 Å². The van der Waals surface area contributed by atoms with Gasteiger partial charge in [-0.2, -0.15) is 0 Å². The second-order valence-corrected chi connectivity index (χ2v) is 5.48. The molecule has 2 rings (SSSR count). The fraction of sp³-hybridized carbons (Fsp3) is 0.533. The van der Waals surface area contributed by atoms with Gasteiger partial charge in [0.25, 0.3) is 5.91 Å². The van der Waals surface area contributed by atoms with Crippen LogP contribution in [-0.4, -0.2) is 43.2 Å². The SMILES string of the molecule is CCCNc1ccc(Cl)cc1C(=O)N1CCOCC1C. The van der Waals surface area contributed by atoms with Crippen molar-refractivity contribution in [2.24, 2.45) is 0 Å². The Balaban J connectivity index is 2.24. The van der Waals surface area contributed by atoms with E-state index in [-0.39, 0.29) is 11.9 Å². The molecule has 1 N–H and O–H groups in total. The predicted molar refractivity (Wildman–Crippen MR) is 81.6 cm³/mol. The van der Waals surface area contributed by atoms with Crippen LogP contribution in [0.1, 0.15) is 30.6 Å². The first-order valence-corrected chi connectivity index (χ1v) is 7.43. The number of nitrogens with zero attached hydrogens (tertiary/aromatic N) is 1. The van der Waals surface area contributed by atoms with Gasteiger partial charge in [0.05, 0.1) is 24.8 Å². The lowest BCUT2D eigenvalue weighted by molar-refractivity contribution is 0.00365. The molecule has 0 bridgehead atoms. The molecule has 1 aliphatic heterocycles. The van der Waals surface area contributed by atoms with Crippen molar-refractivity contribution in [1.29, 1.82) is 0 Å². The van der Waals surface area contributed by atoms with Crippen molar-refractivity contribution in [3.63, 3.8) is 0 Å². The molecule has 0 aromatic heterocycles. The molecular weight excluding hydrogens is 276 g/mol. The molecule has 1 saturated heterocycles. The number of hydrogen-bond acceptors (Lipinski definition) is 3. The zero-order valence-corrected chi connectivity index (χ0v) is 12.7. The van der Waals surface area contributed by atoms with Crippen LogP contribution < -0.4 is 5.32 Å². The summed E-state index contributed by atoms with van der Waals surface area (Å²) in [5.41, 5.74) is 1.49. The van der Waals surface area contributed by atoms with Crippen LogP contribution in [0.5, 0.6) is 0 Å². The molecule has 0 spiro atoms. The molecule has 1 heterocycles. The Kier molecular flexibility index (Phi) is 5.26. The van der Waals surface area contributed by atoms with E-state index in [0.717, 1.165) is 18.7 Å². The topological polar surface area (TPSA) is 41.6 Å². The molecular formula is C15H21ClN2O2. The van der Waals surface area contributed by atoms with E-state index in [1.165, 1.54) is 0 Å². The summed E-state index contributed by atoms with van der Waals surface area (Å²) in [5.74, 6) is 0.0157. The van der Waals surface area contributed by atoms with Gasteiger partial charge in [-0.05, 0) is 31.5 Å². The number of halogens is 1. The lowest BCUT2D eigenvalue weighted by atomic mass is 10.1. The third-order valence-electron chi connectivity index (χ3n) is 3.41. The quantitative estimate of drug-likeness (QED) is 0.928. The first kappa shape index (κ1) is 15.1. The summed E-state index contributed by atoms with van der Waals surface area (Å²) in [6.07, 6.45) is 1.00. The fourth-order valence-electron chi connectivity index (χ4n) is 2.29. The van der Waals surface area contributed by atoms with E-state index in [4.69, 9.17) is 16.3 Å². The number of amides is 1. The first-order valence-electron chi connectivity index (χ1n) is 7.05. The van der Waals surface area contributed by atoms with Gasteiger partial charge in [0.1, 0.15) is 0 Å². The van der Waals surface area contributed by atoms with E-state index in [1.54, 1.807) is 12.1 Å². The van der Waals surface area contributed by atoms with Crippen molar-refractivity contribution in [3.05, 3.63) is 28.8 Å². The van der Waals surface area contributed by atoms with E-state index in [2.05, 4.69) is 12.2 Å². The van der Waals surface area contributed by atoms with Crippen LogP contribution in [0.3, 0.4) is 0 Å². The van der Waals surface area contributed by atoms with Crippen LogP contribution in [0.4, 0.5) is 5.69 Å². The highest BCUT2D eigenvalue weighted by Crippen LogP contribution is 2.24. The molecule has 0 aliphatic carbocycles. The highest BCUT2D eigenvalue weighted by atomic mass is 35.5. The second-order valence-electron chi connectivity index (χ2n) is 5.04. The number of morpholine rings is 1. The summed E-state index contributed by atoms with van der Waals surface area (Å²) < 4.78 is 5.38. The maximum absolute atomic E-state index is 12.7.